The van der Waals surface area contributed by atoms with E-state index >= 15 is 0 Å². The highest BCUT2D eigenvalue weighted by Gasteiger charge is 2.41. The molecule has 4 aromatic carbocycles. The molecular formula is C84H114N20O28S. The van der Waals surface area contributed by atoms with Crippen LogP contribution in [-0.4, -0.2) is 326 Å². The maximum absolute atomic E-state index is 14.9. The number of fused-ring (bicyclic) bond motifs is 1. The van der Waals surface area contributed by atoms with Gasteiger partial charge in [-0.05, 0) is 109 Å². The Kier molecular flexibility index (Phi) is 43.3. The Morgan fingerprint density at radius 2 is 0.692 bits per heavy atom. The standard InChI is InChI=1S/C84H114N20O28S/c1-40(2)67(103-80(127)64(37-109)98-70(117)53(22-23-66(86)115)90-76(123)60(33-105)97-69(116)41(3)85)82(129)101-65(38-110)81(128)104-68(42(4)111)83(130)102-63(36-108)79(126)100-62(35-107)78(125)93-56(27-44-12-18-49(113)19-13-44)73(120)99-61(34-106)77(124)92-55(26-43-10-16-48(112)17-11-43)72(119)91-54(24-25-133-5)71(118)95-58(30-47-32-87-39-89-47)75(122)94-57(29-46-31-88-52-9-7-6-8-51(46)52)74(121)96-59(84(131)132)28-45-14-20-50(114)21-15-45/h6-21,31-32,39-42,53-65,67-68,88,105-114H,22-30,33-38,85H2,1-5H3,(H2,86,115)(H,87,89)(H,90,123)(H,91,119)(H,92,124)(H,93,125)(H,94,122)(H,95,118)(H,96,121)(H,97,116)(H,98,117)(H,99,120)(H,100,126)(H,101,129)(H,102,130)(H,103,127)(H,104,128)(H,131,132)/t41-,42+,53-,54-,55-,56-,57-,58-,59-,60-,61-,62-,63-,64-,65-,67-,68-/m0/s1. The number of rotatable bonds is 55. The summed E-state index contributed by atoms with van der Waals surface area (Å²) in [6.45, 7) is -2.24. The van der Waals surface area contributed by atoms with Gasteiger partial charge >= 0.3 is 5.97 Å². The molecule has 0 saturated heterocycles. The molecule has 0 unspecified atom stereocenters. The van der Waals surface area contributed by atoms with Gasteiger partial charge in [0.25, 0.3) is 0 Å². The summed E-state index contributed by atoms with van der Waals surface area (Å²) in [6.07, 6.45) is 1.11. The van der Waals surface area contributed by atoms with Crippen molar-refractivity contribution in [2.75, 3.05) is 51.6 Å². The Hall–Kier alpha value is -14.0. The summed E-state index contributed by atoms with van der Waals surface area (Å²) in [6, 6.07) is -5.40. The van der Waals surface area contributed by atoms with Crippen LogP contribution in [0.2, 0.25) is 0 Å². The summed E-state index contributed by atoms with van der Waals surface area (Å²) in [5.41, 5.74) is 13.2. The van der Waals surface area contributed by atoms with Crippen LogP contribution < -0.4 is 91.2 Å². The number of hydrogen-bond acceptors (Lipinski definition) is 30. The molecule has 0 radical (unpaired) electrons. The third-order valence-corrected chi connectivity index (χ3v) is 21.2. The summed E-state index contributed by atoms with van der Waals surface area (Å²) >= 11 is 1.25. The van der Waals surface area contributed by atoms with Gasteiger partial charge in [0.15, 0.2) is 0 Å². The van der Waals surface area contributed by atoms with Crippen molar-refractivity contribution in [1.82, 2.24) is 94.7 Å². The Morgan fingerprint density at radius 1 is 0.376 bits per heavy atom. The number of aliphatic carboxylic acids is 1. The van der Waals surface area contributed by atoms with E-state index in [0.717, 1.165) is 6.92 Å². The molecule has 2 heterocycles. The van der Waals surface area contributed by atoms with Crippen molar-refractivity contribution in [3.05, 3.63) is 144 Å². The molecule has 49 heteroatoms. The number of aliphatic hydroxyl groups excluding tert-OH is 7. The van der Waals surface area contributed by atoms with Crippen LogP contribution >= 0.6 is 11.8 Å². The number of nitrogens with zero attached hydrogens (tertiary/aromatic N) is 1. The number of carboxylic acids is 1. The Labute approximate surface area is 764 Å². The van der Waals surface area contributed by atoms with Gasteiger partial charge < -0.3 is 157 Å². The lowest BCUT2D eigenvalue weighted by Gasteiger charge is -2.29. The number of hydrogen-bond donors (Lipinski definition) is 30. The van der Waals surface area contributed by atoms with Crippen molar-refractivity contribution < 1.29 is 138 Å². The number of primary amides is 1. The molecule has 17 atom stereocenters. The lowest BCUT2D eigenvalue weighted by Crippen LogP contribution is -2.63. The third-order valence-electron chi connectivity index (χ3n) is 20.5. The molecule has 724 valence electrons. The van der Waals surface area contributed by atoms with Gasteiger partial charge in [-0.15, -0.1) is 0 Å². The van der Waals surface area contributed by atoms with E-state index < -0.39 is 275 Å². The number of aromatic amines is 2. The van der Waals surface area contributed by atoms with Gasteiger partial charge in [0.05, 0.1) is 58.1 Å². The molecule has 0 saturated carbocycles. The minimum atomic E-state index is -2.12. The highest BCUT2D eigenvalue weighted by Crippen LogP contribution is 2.22. The van der Waals surface area contributed by atoms with E-state index in [1.54, 1.807) is 36.7 Å². The smallest absolute Gasteiger partial charge is 0.326 e. The maximum Gasteiger partial charge on any atom is 0.326 e. The van der Waals surface area contributed by atoms with Gasteiger partial charge in [-0.25, -0.2) is 9.78 Å². The van der Waals surface area contributed by atoms with Crippen LogP contribution in [0.1, 0.15) is 74.9 Å². The Morgan fingerprint density at radius 3 is 1.05 bits per heavy atom. The SMILES string of the molecule is CSCC[C@H](NC(=O)[C@H](Cc1ccc(O)cc1)NC(=O)[C@H](CO)NC(=O)[C@H](Cc1ccc(O)cc1)NC(=O)[C@H](CO)NC(=O)[C@H](CO)NC(=O)[C@@H](NC(=O)[C@H](CO)NC(=O)[C@@H](NC(=O)[C@H](CO)NC(=O)[C@H](CCC(N)=O)NC(=O)[C@H](CO)NC(=O)[C@H](C)N)C(C)C)[C@@H](C)O)C(=O)N[C@@H](Cc1cnc[nH]1)C(=O)N[C@@H](Cc1c[nH]c2ccccc12)C(=O)N[C@@H](Cc1ccc(O)cc1)C(=O)O. The number of thioether (sulfide) groups is 1. The second kappa shape index (κ2) is 53.4. The molecule has 2 aromatic heterocycles. The largest absolute Gasteiger partial charge is 0.508 e. The van der Waals surface area contributed by atoms with E-state index in [2.05, 4.69) is 89.4 Å². The second-order valence-electron chi connectivity index (χ2n) is 31.2. The number of nitrogens with two attached hydrogens (primary N) is 2. The molecule has 48 nitrogen and oxygen atoms in total. The van der Waals surface area contributed by atoms with Gasteiger partial charge in [0, 0.05) is 67.5 Å². The van der Waals surface area contributed by atoms with Crippen molar-refractivity contribution in [3.63, 3.8) is 0 Å². The number of aromatic nitrogens is 3. The number of H-pyrrole nitrogens is 2. The molecule has 0 aliphatic heterocycles. The normalized spacial score (nSPS) is 15.1. The number of carbonyl (C=O) groups is 17. The molecule has 32 N–H and O–H groups in total. The van der Waals surface area contributed by atoms with E-state index in [-0.39, 0.29) is 59.8 Å². The highest BCUT2D eigenvalue weighted by molar-refractivity contribution is 7.98. The average molecular weight is 1880 g/mol. The number of nitrogens with one attached hydrogen (secondary N) is 17. The zero-order valence-corrected chi connectivity index (χ0v) is 73.7. The molecule has 16 amide bonds. The minimum Gasteiger partial charge on any atom is -0.508 e. The quantitative estimate of drug-likeness (QED) is 0.0169. The Bertz CT molecular complexity index is 4970. The molecule has 0 fully saturated rings. The lowest BCUT2D eigenvalue weighted by atomic mass is 10.0. The fraction of sp³-hybridized carbons (Fsp3) is 0.452. The number of carboxylic acid groups (broad SMARTS) is 1. The second-order valence-corrected chi connectivity index (χ2v) is 32.2. The first-order valence-corrected chi connectivity index (χ1v) is 43.0. The zero-order chi connectivity index (χ0) is 98.5. The summed E-state index contributed by atoms with van der Waals surface area (Å²) < 4.78 is 0. The maximum atomic E-state index is 14.9. The van der Waals surface area contributed by atoms with Gasteiger partial charge in [-0.3, -0.25) is 76.7 Å². The lowest BCUT2D eigenvalue weighted by molar-refractivity contribution is -0.142. The van der Waals surface area contributed by atoms with E-state index in [1.807, 2.05) is 5.32 Å². The molecule has 0 spiro atoms. The Balaban J connectivity index is 1.15. The van der Waals surface area contributed by atoms with E-state index in [0.29, 0.717) is 27.7 Å². The number of benzene rings is 4. The third kappa shape index (κ3) is 34.1. The van der Waals surface area contributed by atoms with Gasteiger partial charge in [0.1, 0.15) is 108 Å². The van der Waals surface area contributed by atoms with Crippen LogP contribution in [0.25, 0.3) is 10.9 Å². The number of aliphatic hydroxyl groups is 7. The molecule has 133 heavy (non-hydrogen) atoms. The molecule has 0 aliphatic carbocycles. The van der Waals surface area contributed by atoms with Gasteiger partial charge in [0.2, 0.25) is 94.5 Å². The summed E-state index contributed by atoms with van der Waals surface area (Å²) in [5.74, 6) is -21.5. The van der Waals surface area contributed by atoms with Crippen molar-refractivity contribution >= 4 is 123 Å². The first-order valence-electron chi connectivity index (χ1n) is 41.7. The first kappa shape index (κ1) is 108. The van der Waals surface area contributed by atoms with E-state index in [9.17, 15) is 138 Å². The number of phenolic OH excluding ortho intramolecular Hbond substituents is 3. The molecule has 0 bridgehead atoms. The van der Waals surface area contributed by atoms with Crippen molar-refractivity contribution in [2.45, 2.75) is 182 Å². The monoisotopic (exact) mass is 1880 g/mol. The average Bonchev–Trinajstić information content (AvgIpc) is 1.79. The van der Waals surface area contributed by atoms with Crippen LogP contribution in [0.15, 0.2) is 116 Å². The van der Waals surface area contributed by atoms with Gasteiger partial charge in [-0.1, -0.05) is 68.4 Å². The zero-order valence-electron chi connectivity index (χ0n) is 72.8. The first-order chi connectivity index (χ1) is 63.1. The van der Waals surface area contributed by atoms with Crippen LogP contribution in [-0.2, 0) is 114 Å². The predicted molar refractivity (Wildman–Crippen MR) is 470 cm³/mol. The summed E-state index contributed by atoms with van der Waals surface area (Å²) in [5, 5.41) is 149. The van der Waals surface area contributed by atoms with Crippen LogP contribution in [0, 0.1) is 5.92 Å². The van der Waals surface area contributed by atoms with Crippen molar-refractivity contribution in [2.24, 2.45) is 17.4 Å². The molecular weight excluding hydrogens is 1770 g/mol. The molecule has 6 rings (SSSR count). The number of imidazole rings is 1. The van der Waals surface area contributed by atoms with E-state index in [1.165, 1.54) is 118 Å². The van der Waals surface area contributed by atoms with Crippen LogP contribution in [0.4, 0.5) is 0 Å². The number of aromatic hydroxyl groups is 3. The topological polar surface area (TPSA) is 790 Å². The molecule has 6 aromatic rings. The predicted octanol–water partition coefficient (Wildman–Crippen LogP) is -9.77. The fourth-order valence-corrected chi connectivity index (χ4v) is 13.5. The van der Waals surface area contributed by atoms with Crippen LogP contribution in [0.3, 0.4) is 0 Å². The van der Waals surface area contributed by atoms with Crippen molar-refractivity contribution in [3.8, 4) is 17.2 Å². The fourth-order valence-electron chi connectivity index (χ4n) is 13.0. The van der Waals surface area contributed by atoms with Crippen molar-refractivity contribution in [1.29, 1.82) is 0 Å². The number of para-hydroxylation sites is 1. The summed E-state index contributed by atoms with van der Waals surface area (Å²) in [4.78, 5) is 245. The number of phenols is 3. The van der Waals surface area contributed by atoms with E-state index in [4.69, 9.17) is 11.5 Å². The highest BCUT2D eigenvalue weighted by atomic mass is 32.2. The van der Waals surface area contributed by atoms with Crippen LogP contribution in [0.5, 0.6) is 17.2 Å². The molecule has 0 aliphatic rings. The number of carbonyl (C=O) groups excluding carboxylic acids is 16. The summed E-state index contributed by atoms with van der Waals surface area (Å²) in [7, 11) is 0. The number of amides is 16. The van der Waals surface area contributed by atoms with Gasteiger partial charge in [-0.2, -0.15) is 11.8 Å². The minimum absolute atomic E-state index is 0.0949.